The molecular formula is C19H27NO2. The maximum absolute atomic E-state index is 12.0. The van der Waals surface area contributed by atoms with Crippen molar-refractivity contribution in [1.82, 2.24) is 5.32 Å². The van der Waals surface area contributed by atoms with Gasteiger partial charge < -0.3 is 10.1 Å². The van der Waals surface area contributed by atoms with E-state index in [4.69, 9.17) is 4.74 Å². The molecule has 0 aromatic heterocycles. The minimum Gasteiger partial charge on any atom is -0.494 e. The van der Waals surface area contributed by atoms with Crippen molar-refractivity contribution in [1.29, 1.82) is 0 Å². The second kappa shape index (κ2) is 9.29. The fourth-order valence-electron chi connectivity index (χ4n) is 2.59. The fraction of sp³-hybridized carbons (Fsp3) is 0.526. The monoisotopic (exact) mass is 301 g/mol. The summed E-state index contributed by atoms with van der Waals surface area (Å²) in [5.41, 5.74) is 1.23. The van der Waals surface area contributed by atoms with Gasteiger partial charge in [0, 0.05) is 12.5 Å². The van der Waals surface area contributed by atoms with E-state index in [0.717, 1.165) is 50.9 Å². The summed E-state index contributed by atoms with van der Waals surface area (Å²) in [6.07, 6.45) is 10.3. The van der Waals surface area contributed by atoms with Crippen LogP contribution in [0, 0.1) is 5.92 Å². The molecule has 0 bridgehead atoms. The van der Waals surface area contributed by atoms with Gasteiger partial charge in [-0.3, -0.25) is 4.79 Å². The summed E-state index contributed by atoms with van der Waals surface area (Å²) < 4.78 is 5.65. The van der Waals surface area contributed by atoms with Gasteiger partial charge in [-0.15, -0.1) is 0 Å². The first-order valence-electron chi connectivity index (χ1n) is 8.44. The molecule has 0 unspecified atom stereocenters. The van der Waals surface area contributed by atoms with Crippen LogP contribution in [0.25, 0.3) is 0 Å². The van der Waals surface area contributed by atoms with Gasteiger partial charge in [-0.05, 0) is 49.8 Å². The van der Waals surface area contributed by atoms with Crippen LogP contribution in [-0.2, 0) is 11.2 Å². The van der Waals surface area contributed by atoms with Crippen LogP contribution < -0.4 is 10.1 Å². The van der Waals surface area contributed by atoms with Crippen LogP contribution in [0.2, 0.25) is 0 Å². The van der Waals surface area contributed by atoms with Crippen molar-refractivity contribution >= 4 is 5.91 Å². The largest absolute Gasteiger partial charge is 0.494 e. The van der Waals surface area contributed by atoms with Gasteiger partial charge in [-0.25, -0.2) is 0 Å². The lowest BCUT2D eigenvalue weighted by molar-refractivity contribution is -0.125. The molecule has 1 aliphatic rings. The minimum absolute atomic E-state index is 0.166. The Bertz CT molecular complexity index is 479. The van der Waals surface area contributed by atoms with Crippen molar-refractivity contribution in [2.45, 2.75) is 45.4 Å². The molecule has 0 fully saturated rings. The smallest absolute Gasteiger partial charge is 0.223 e. The third-order valence-electron chi connectivity index (χ3n) is 4.04. The van der Waals surface area contributed by atoms with Gasteiger partial charge in [0.25, 0.3) is 0 Å². The molecule has 1 amide bonds. The van der Waals surface area contributed by atoms with E-state index in [0.29, 0.717) is 6.54 Å². The average molecular weight is 301 g/mol. The zero-order valence-corrected chi connectivity index (χ0v) is 13.5. The topological polar surface area (TPSA) is 38.3 Å². The molecular weight excluding hydrogens is 274 g/mol. The van der Waals surface area contributed by atoms with Crippen LogP contribution >= 0.6 is 0 Å². The molecule has 1 aromatic rings. The van der Waals surface area contributed by atoms with E-state index in [1.807, 2.05) is 12.1 Å². The SMILES string of the molecule is CCCCOc1ccc(CCNC(=O)[C@H]2CC=CCC2)cc1. The molecule has 0 saturated carbocycles. The Kier molecular flexibility index (Phi) is 7.01. The van der Waals surface area contributed by atoms with E-state index in [1.165, 1.54) is 5.56 Å². The summed E-state index contributed by atoms with van der Waals surface area (Å²) in [5, 5.41) is 3.05. The average Bonchev–Trinajstić information content (AvgIpc) is 2.57. The summed E-state index contributed by atoms with van der Waals surface area (Å²) in [4.78, 5) is 12.0. The second-order valence-corrected chi connectivity index (χ2v) is 5.87. The Morgan fingerprint density at radius 2 is 2.09 bits per heavy atom. The Labute approximate surface area is 133 Å². The Morgan fingerprint density at radius 1 is 1.27 bits per heavy atom. The first-order chi connectivity index (χ1) is 10.8. The highest BCUT2D eigenvalue weighted by Crippen LogP contribution is 2.18. The second-order valence-electron chi connectivity index (χ2n) is 5.87. The molecule has 0 heterocycles. The van der Waals surface area contributed by atoms with Crippen molar-refractivity contribution in [2.75, 3.05) is 13.2 Å². The van der Waals surface area contributed by atoms with Gasteiger partial charge in [-0.2, -0.15) is 0 Å². The quantitative estimate of drug-likeness (QED) is 0.584. The number of carbonyl (C=O) groups excluding carboxylic acids is 1. The molecule has 0 aliphatic heterocycles. The van der Waals surface area contributed by atoms with Gasteiger partial charge in [0.1, 0.15) is 5.75 Å². The van der Waals surface area contributed by atoms with Gasteiger partial charge in [0.05, 0.1) is 6.61 Å². The Balaban J connectivity index is 1.68. The van der Waals surface area contributed by atoms with Crippen LogP contribution in [0.4, 0.5) is 0 Å². The summed E-state index contributed by atoms with van der Waals surface area (Å²) in [7, 11) is 0. The molecule has 22 heavy (non-hydrogen) atoms. The van der Waals surface area contributed by atoms with Crippen LogP contribution in [0.15, 0.2) is 36.4 Å². The standard InChI is InChI=1S/C19H27NO2/c1-2-3-15-22-18-11-9-16(10-12-18)13-14-20-19(21)17-7-5-4-6-8-17/h4-5,9-12,17H,2-3,6-8,13-15H2,1H3,(H,20,21)/t17-/m0/s1. The predicted octanol–water partition coefficient (Wildman–Crippen LogP) is 3.88. The third-order valence-corrected chi connectivity index (χ3v) is 4.04. The normalized spacial score (nSPS) is 17.2. The highest BCUT2D eigenvalue weighted by Gasteiger charge is 2.17. The summed E-state index contributed by atoms with van der Waals surface area (Å²) in [5.74, 6) is 1.29. The summed E-state index contributed by atoms with van der Waals surface area (Å²) in [6.45, 7) is 3.64. The van der Waals surface area contributed by atoms with E-state index in [2.05, 4.69) is 36.5 Å². The predicted molar refractivity (Wildman–Crippen MR) is 90.0 cm³/mol. The number of allylic oxidation sites excluding steroid dienone is 2. The van der Waals surface area contributed by atoms with Crippen molar-refractivity contribution in [2.24, 2.45) is 5.92 Å². The fourth-order valence-corrected chi connectivity index (χ4v) is 2.59. The molecule has 0 spiro atoms. The molecule has 1 aliphatic carbocycles. The number of nitrogens with one attached hydrogen (secondary N) is 1. The number of unbranched alkanes of at least 4 members (excludes halogenated alkanes) is 1. The van der Waals surface area contributed by atoms with E-state index < -0.39 is 0 Å². The first-order valence-corrected chi connectivity index (χ1v) is 8.44. The Hall–Kier alpha value is -1.77. The van der Waals surface area contributed by atoms with Crippen LogP contribution in [-0.4, -0.2) is 19.1 Å². The van der Waals surface area contributed by atoms with Crippen molar-refractivity contribution < 1.29 is 9.53 Å². The van der Waals surface area contributed by atoms with Crippen molar-refractivity contribution in [3.05, 3.63) is 42.0 Å². The van der Waals surface area contributed by atoms with E-state index in [1.54, 1.807) is 0 Å². The van der Waals surface area contributed by atoms with Crippen LogP contribution in [0.1, 0.15) is 44.6 Å². The van der Waals surface area contributed by atoms with Gasteiger partial charge in [0.15, 0.2) is 0 Å². The van der Waals surface area contributed by atoms with E-state index >= 15 is 0 Å². The lowest BCUT2D eigenvalue weighted by Gasteiger charge is -2.17. The molecule has 120 valence electrons. The molecule has 0 saturated heterocycles. The molecule has 3 heteroatoms. The summed E-state index contributed by atoms with van der Waals surface area (Å²) in [6, 6.07) is 8.19. The van der Waals surface area contributed by atoms with Gasteiger partial charge >= 0.3 is 0 Å². The number of hydrogen-bond acceptors (Lipinski definition) is 2. The summed E-state index contributed by atoms with van der Waals surface area (Å²) >= 11 is 0. The Morgan fingerprint density at radius 3 is 2.77 bits per heavy atom. The number of benzene rings is 1. The van der Waals surface area contributed by atoms with Gasteiger partial charge in [-0.1, -0.05) is 37.6 Å². The number of hydrogen-bond donors (Lipinski definition) is 1. The highest BCUT2D eigenvalue weighted by atomic mass is 16.5. The highest BCUT2D eigenvalue weighted by molar-refractivity contribution is 5.78. The molecule has 3 nitrogen and oxygen atoms in total. The lowest BCUT2D eigenvalue weighted by Crippen LogP contribution is -2.32. The van der Waals surface area contributed by atoms with Crippen LogP contribution in [0.5, 0.6) is 5.75 Å². The maximum Gasteiger partial charge on any atom is 0.223 e. The van der Waals surface area contributed by atoms with Crippen molar-refractivity contribution in [3.63, 3.8) is 0 Å². The third kappa shape index (κ3) is 5.55. The first kappa shape index (κ1) is 16.6. The minimum atomic E-state index is 0.166. The van der Waals surface area contributed by atoms with Gasteiger partial charge in [0.2, 0.25) is 5.91 Å². The zero-order chi connectivity index (χ0) is 15.6. The lowest BCUT2D eigenvalue weighted by atomic mass is 9.93. The molecule has 1 aromatic carbocycles. The molecule has 2 rings (SSSR count). The molecule has 0 radical (unpaired) electrons. The van der Waals surface area contributed by atoms with E-state index in [9.17, 15) is 4.79 Å². The van der Waals surface area contributed by atoms with E-state index in [-0.39, 0.29) is 11.8 Å². The number of ether oxygens (including phenoxy) is 1. The molecule has 1 atom stereocenters. The van der Waals surface area contributed by atoms with Crippen molar-refractivity contribution in [3.8, 4) is 5.75 Å². The number of amides is 1. The van der Waals surface area contributed by atoms with Crippen LogP contribution in [0.3, 0.4) is 0 Å². The zero-order valence-electron chi connectivity index (χ0n) is 13.5. The number of rotatable bonds is 8. The number of carbonyl (C=O) groups is 1. The maximum atomic E-state index is 12.0. The molecule has 1 N–H and O–H groups in total.